The summed E-state index contributed by atoms with van der Waals surface area (Å²) in [6.45, 7) is 0. The Kier molecular flexibility index (Phi) is 2.02. The van der Waals surface area contributed by atoms with Crippen LogP contribution in [0.1, 0.15) is 5.56 Å². The Bertz CT molecular complexity index is 386. The van der Waals surface area contributed by atoms with Crippen LogP contribution in [0.4, 0.5) is 0 Å². The van der Waals surface area contributed by atoms with Crippen LogP contribution in [-0.2, 0) is 9.47 Å². The second-order valence-corrected chi connectivity index (χ2v) is 2.68. The van der Waals surface area contributed by atoms with Gasteiger partial charge in [-0.15, -0.1) is 0 Å². The number of phenols is 2. The molecule has 0 saturated heterocycles. The van der Waals surface area contributed by atoms with Crippen LogP contribution >= 0.6 is 0 Å². The van der Waals surface area contributed by atoms with Crippen LogP contribution in [0.15, 0.2) is 37.0 Å². The minimum Gasteiger partial charge on any atom is -0.507 e. The number of rotatable bonds is 1. The molecule has 0 aliphatic carbocycles. The molecular formula is C10H8O4. The minimum absolute atomic E-state index is 0.0600. The number of ether oxygens (including phenoxy) is 2. The van der Waals surface area contributed by atoms with Gasteiger partial charge in [0.25, 0.3) is 0 Å². The van der Waals surface area contributed by atoms with Gasteiger partial charge < -0.3 is 19.7 Å². The summed E-state index contributed by atoms with van der Waals surface area (Å²) in [5.41, 5.74) is 0.219. The lowest BCUT2D eigenvalue weighted by atomic mass is 10.1. The summed E-state index contributed by atoms with van der Waals surface area (Å²) in [5.74, 6) is 0.147. The molecule has 2 rings (SSSR count). The van der Waals surface area contributed by atoms with Crippen molar-refractivity contribution in [1.29, 1.82) is 0 Å². The molecule has 14 heavy (non-hydrogen) atoms. The van der Waals surface area contributed by atoms with Gasteiger partial charge in [-0.2, -0.15) is 0 Å². The maximum atomic E-state index is 9.48. The molecule has 0 spiro atoms. The number of benzene rings is 1. The Labute approximate surface area is 80.3 Å². The average Bonchev–Trinajstić information content (AvgIpc) is 2.19. The molecule has 0 atom stereocenters. The van der Waals surface area contributed by atoms with Crippen LogP contribution in [0.3, 0.4) is 0 Å². The van der Waals surface area contributed by atoms with E-state index in [9.17, 15) is 10.2 Å². The zero-order chi connectivity index (χ0) is 9.97. The summed E-state index contributed by atoms with van der Waals surface area (Å²) in [7, 11) is 0. The fraction of sp³-hybridized carbons (Fsp3) is 0. The van der Waals surface area contributed by atoms with Crippen molar-refractivity contribution < 1.29 is 19.7 Å². The van der Waals surface area contributed by atoms with E-state index in [0.717, 1.165) is 0 Å². The molecular weight excluding hydrogens is 184 g/mol. The van der Waals surface area contributed by atoms with Gasteiger partial charge in [0, 0.05) is 0 Å². The van der Waals surface area contributed by atoms with Crippen LogP contribution in [-0.4, -0.2) is 10.2 Å². The van der Waals surface area contributed by atoms with E-state index in [4.69, 9.17) is 9.47 Å². The van der Waals surface area contributed by atoms with Gasteiger partial charge in [0.05, 0.1) is 0 Å². The molecule has 4 heteroatoms. The molecule has 72 valence electrons. The highest BCUT2D eigenvalue weighted by atomic mass is 16.5. The fourth-order valence-corrected chi connectivity index (χ4v) is 1.16. The van der Waals surface area contributed by atoms with Gasteiger partial charge in [-0.05, 0) is 12.1 Å². The van der Waals surface area contributed by atoms with Crippen LogP contribution in [0, 0.1) is 0 Å². The predicted molar refractivity (Wildman–Crippen MR) is 49.1 cm³/mol. The first kappa shape index (κ1) is 8.50. The summed E-state index contributed by atoms with van der Waals surface area (Å²) in [4.78, 5) is 0. The Balaban J connectivity index is 2.45. The standard InChI is InChI=1S/C10H8O4/c11-7-2-1-3-8(12)10(7)9-6-13-4-5-14-9/h1-6,11-12H. The SMILES string of the molecule is Oc1cccc(O)c1C1=COC=CO1. The third kappa shape index (κ3) is 1.37. The lowest BCUT2D eigenvalue weighted by Crippen LogP contribution is -1.92. The van der Waals surface area contributed by atoms with Crippen molar-refractivity contribution >= 4 is 5.76 Å². The first-order valence-electron chi connectivity index (χ1n) is 3.97. The average molecular weight is 192 g/mol. The molecule has 0 saturated carbocycles. The van der Waals surface area contributed by atoms with Gasteiger partial charge in [-0.3, -0.25) is 0 Å². The zero-order valence-electron chi connectivity index (χ0n) is 7.18. The molecule has 1 aromatic rings. The Morgan fingerprint density at radius 1 is 1.00 bits per heavy atom. The second kappa shape index (κ2) is 3.33. The van der Waals surface area contributed by atoms with E-state index in [-0.39, 0.29) is 22.8 Å². The molecule has 0 radical (unpaired) electrons. The Hall–Kier alpha value is -2.10. The van der Waals surface area contributed by atoms with E-state index in [1.807, 2.05) is 0 Å². The lowest BCUT2D eigenvalue weighted by Gasteiger charge is -2.12. The molecule has 0 amide bonds. The lowest BCUT2D eigenvalue weighted by molar-refractivity contribution is 0.308. The van der Waals surface area contributed by atoms with Crippen LogP contribution < -0.4 is 0 Å². The van der Waals surface area contributed by atoms with Crippen molar-refractivity contribution in [3.05, 3.63) is 42.5 Å². The summed E-state index contributed by atoms with van der Waals surface area (Å²) in [6, 6.07) is 4.45. The molecule has 2 N–H and O–H groups in total. The Morgan fingerprint density at radius 3 is 2.29 bits per heavy atom. The van der Waals surface area contributed by atoms with Crippen LogP contribution in [0.2, 0.25) is 0 Å². The summed E-state index contributed by atoms with van der Waals surface area (Å²) < 4.78 is 9.92. The molecule has 4 nitrogen and oxygen atoms in total. The Morgan fingerprint density at radius 2 is 1.71 bits per heavy atom. The van der Waals surface area contributed by atoms with Crippen LogP contribution in [0.25, 0.3) is 5.76 Å². The fourth-order valence-electron chi connectivity index (χ4n) is 1.16. The monoisotopic (exact) mass is 192 g/mol. The molecule has 0 unspecified atom stereocenters. The third-order valence-corrected chi connectivity index (χ3v) is 1.77. The summed E-state index contributed by atoms with van der Waals surface area (Å²) >= 11 is 0. The topological polar surface area (TPSA) is 58.9 Å². The molecule has 0 fully saturated rings. The first-order chi connectivity index (χ1) is 6.79. The molecule has 1 aliphatic rings. The van der Waals surface area contributed by atoms with E-state index < -0.39 is 0 Å². The normalized spacial score (nSPS) is 14.1. The molecule has 1 aromatic carbocycles. The van der Waals surface area contributed by atoms with Gasteiger partial charge >= 0.3 is 0 Å². The van der Waals surface area contributed by atoms with Crippen LogP contribution in [0.5, 0.6) is 11.5 Å². The maximum absolute atomic E-state index is 9.48. The largest absolute Gasteiger partial charge is 0.507 e. The van der Waals surface area contributed by atoms with Gasteiger partial charge in [0.2, 0.25) is 0 Å². The zero-order valence-corrected chi connectivity index (χ0v) is 7.18. The van der Waals surface area contributed by atoms with Crippen molar-refractivity contribution in [3.8, 4) is 11.5 Å². The highest BCUT2D eigenvalue weighted by Crippen LogP contribution is 2.34. The highest BCUT2D eigenvalue weighted by molar-refractivity contribution is 5.70. The van der Waals surface area contributed by atoms with E-state index in [2.05, 4.69) is 0 Å². The van der Waals surface area contributed by atoms with E-state index in [1.165, 1.54) is 37.0 Å². The molecule has 1 heterocycles. The minimum atomic E-state index is -0.0600. The van der Waals surface area contributed by atoms with Crippen molar-refractivity contribution in [3.63, 3.8) is 0 Å². The van der Waals surface area contributed by atoms with E-state index in [0.29, 0.717) is 0 Å². The van der Waals surface area contributed by atoms with E-state index in [1.54, 1.807) is 0 Å². The quantitative estimate of drug-likeness (QED) is 0.713. The third-order valence-electron chi connectivity index (χ3n) is 1.77. The number of hydrogen-bond acceptors (Lipinski definition) is 4. The summed E-state index contributed by atoms with van der Waals surface area (Å²) in [6.07, 6.45) is 3.97. The molecule has 0 bridgehead atoms. The maximum Gasteiger partial charge on any atom is 0.176 e. The van der Waals surface area contributed by atoms with Gasteiger partial charge in [-0.1, -0.05) is 6.07 Å². The van der Waals surface area contributed by atoms with Crippen molar-refractivity contribution in [1.82, 2.24) is 0 Å². The second-order valence-electron chi connectivity index (χ2n) is 2.68. The number of aromatic hydroxyl groups is 2. The molecule has 0 aromatic heterocycles. The van der Waals surface area contributed by atoms with Gasteiger partial charge in [0.15, 0.2) is 5.76 Å². The summed E-state index contributed by atoms with van der Waals surface area (Å²) in [5, 5.41) is 19.0. The highest BCUT2D eigenvalue weighted by Gasteiger charge is 2.15. The first-order valence-corrected chi connectivity index (χ1v) is 3.97. The smallest absolute Gasteiger partial charge is 0.176 e. The van der Waals surface area contributed by atoms with Crippen molar-refractivity contribution in [2.75, 3.05) is 0 Å². The van der Waals surface area contributed by atoms with Gasteiger partial charge in [-0.25, -0.2) is 0 Å². The van der Waals surface area contributed by atoms with Crippen molar-refractivity contribution in [2.24, 2.45) is 0 Å². The molecule has 1 aliphatic heterocycles. The number of hydrogen-bond donors (Lipinski definition) is 2. The van der Waals surface area contributed by atoms with Crippen molar-refractivity contribution in [2.45, 2.75) is 0 Å². The predicted octanol–water partition coefficient (Wildman–Crippen LogP) is 1.91. The van der Waals surface area contributed by atoms with E-state index >= 15 is 0 Å². The van der Waals surface area contributed by atoms with Gasteiger partial charge in [0.1, 0.15) is 35.8 Å². The number of phenolic OH excluding ortho intramolecular Hbond substituents is 2.